The standard InChI is InChI=1S/C14H7Cl2FN2O/c15-10-2-1-3-12(13(10)16)19-14(20)9-5-4-8(7-18)6-11(9)17/h1-6H,(H,19,20). The zero-order valence-corrected chi connectivity index (χ0v) is 11.5. The van der Waals surface area contributed by atoms with Crippen LogP contribution in [-0.2, 0) is 0 Å². The predicted octanol–water partition coefficient (Wildman–Crippen LogP) is 4.26. The maximum absolute atomic E-state index is 13.7. The Bertz CT molecular complexity index is 726. The van der Waals surface area contributed by atoms with Crippen molar-refractivity contribution in [3.8, 4) is 6.07 Å². The molecular weight excluding hydrogens is 302 g/mol. The summed E-state index contributed by atoms with van der Waals surface area (Å²) in [6, 6.07) is 10.1. The Labute approximate surface area is 124 Å². The average Bonchev–Trinajstić information content (AvgIpc) is 2.43. The third kappa shape index (κ3) is 2.90. The quantitative estimate of drug-likeness (QED) is 0.901. The zero-order chi connectivity index (χ0) is 14.7. The van der Waals surface area contributed by atoms with E-state index in [9.17, 15) is 9.18 Å². The van der Waals surface area contributed by atoms with E-state index >= 15 is 0 Å². The van der Waals surface area contributed by atoms with Crippen molar-refractivity contribution in [2.45, 2.75) is 0 Å². The van der Waals surface area contributed by atoms with Crippen molar-refractivity contribution in [1.82, 2.24) is 0 Å². The minimum Gasteiger partial charge on any atom is -0.320 e. The number of anilines is 1. The highest BCUT2D eigenvalue weighted by Crippen LogP contribution is 2.29. The van der Waals surface area contributed by atoms with Crippen LogP contribution in [0.25, 0.3) is 0 Å². The van der Waals surface area contributed by atoms with Gasteiger partial charge < -0.3 is 5.32 Å². The lowest BCUT2D eigenvalue weighted by Crippen LogP contribution is -2.14. The van der Waals surface area contributed by atoms with Gasteiger partial charge in [-0.1, -0.05) is 29.3 Å². The second-order valence-electron chi connectivity index (χ2n) is 3.86. The van der Waals surface area contributed by atoms with Crippen molar-refractivity contribution in [3.05, 3.63) is 63.4 Å². The van der Waals surface area contributed by atoms with Gasteiger partial charge in [0.1, 0.15) is 5.82 Å². The molecule has 0 aliphatic carbocycles. The normalized spacial score (nSPS) is 9.90. The number of nitrogens with zero attached hydrogens (tertiary/aromatic N) is 1. The summed E-state index contributed by atoms with van der Waals surface area (Å²) in [4.78, 5) is 12.0. The van der Waals surface area contributed by atoms with Gasteiger partial charge in [-0.15, -0.1) is 0 Å². The predicted molar refractivity (Wildman–Crippen MR) is 75.5 cm³/mol. The van der Waals surface area contributed by atoms with Gasteiger partial charge in [0.25, 0.3) is 5.91 Å². The SMILES string of the molecule is N#Cc1ccc(C(=O)Nc2cccc(Cl)c2Cl)c(F)c1. The number of hydrogen-bond acceptors (Lipinski definition) is 2. The Morgan fingerprint density at radius 2 is 2.00 bits per heavy atom. The van der Waals surface area contributed by atoms with Gasteiger partial charge in [-0.25, -0.2) is 4.39 Å². The molecule has 3 nitrogen and oxygen atoms in total. The smallest absolute Gasteiger partial charge is 0.258 e. The third-order valence-corrected chi connectivity index (χ3v) is 3.36. The highest BCUT2D eigenvalue weighted by Gasteiger charge is 2.14. The minimum absolute atomic E-state index is 0.139. The Balaban J connectivity index is 2.29. The lowest BCUT2D eigenvalue weighted by Gasteiger charge is -2.08. The maximum Gasteiger partial charge on any atom is 0.258 e. The van der Waals surface area contributed by atoms with E-state index in [1.165, 1.54) is 12.1 Å². The molecule has 2 aromatic rings. The summed E-state index contributed by atoms with van der Waals surface area (Å²) in [5, 5.41) is 11.6. The van der Waals surface area contributed by atoms with Crippen LogP contribution in [0.5, 0.6) is 0 Å². The molecule has 0 bridgehead atoms. The highest BCUT2D eigenvalue weighted by atomic mass is 35.5. The van der Waals surface area contributed by atoms with E-state index in [4.69, 9.17) is 28.5 Å². The van der Waals surface area contributed by atoms with Crippen LogP contribution in [0.3, 0.4) is 0 Å². The molecule has 0 aliphatic heterocycles. The van der Waals surface area contributed by atoms with Crippen LogP contribution in [0, 0.1) is 17.1 Å². The summed E-state index contributed by atoms with van der Waals surface area (Å²) >= 11 is 11.7. The fraction of sp³-hybridized carbons (Fsp3) is 0. The van der Waals surface area contributed by atoms with Crippen molar-refractivity contribution >= 4 is 34.8 Å². The first kappa shape index (κ1) is 14.3. The number of rotatable bonds is 2. The molecule has 1 N–H and O–H groups in total. The second kappa shape index (κ2) is 5.91. The van der Waals surface area contributed by atoms with Gasteiger partial charge in [-0.2, -0.15) is 5.26 Å². The summed E-state index contributed by atoms with van der Waals surface area (Å²) in [7, 11) is 0. The van der Waals surface area contributed by atoms with Crippen molar-refractivity contribution in [2.75, 3.05) is 5.32 Å². The molecule has 0 aromatic heterocycles. The molecule has 2 aromatic carbocycles. The first-order valence-corrected chi connectivity index (χ1v) is 6.23. The fourth-order valence-corrected chi connectivity index (χ4v) is 1.91. The molecule has 0 aliphatic rings. The van der Waals surface area contributed by atoms with E-state index in [0.29, 0.717) is 0 Å². The first-order chi connectivity index (χ1) is 9.52. The van der Waals surface area contributed by atoms with E-state index in [1.54, 1.807) is 24.3 Å². The Morgan fingerprint density at radius 1 is 1.25 bits per heavy atom. The Kier molecular flexibility index (Phi) is 4.23. The Morgan fingerprint density at radius 3 is 2.65 bits per heavy atom. The monoisotopic (exact) mass is 308 g/mol. The molecular formula is C14H7Cl2FN2O. The van der Waals surface area contributed by atoms with Gasteiger partial charge in [0.15, 0.2) is 0 Å². The summed E-state index contributed by atoms with van der Waals surface area (Å²) in [6.07, 6.45) is 0. The fourth-order valence-electron chi connectivity index (χ4n) is 1.56. The summed E-state index contributed by atoms with van der Waals surface area (Å²) in [6.45, 7) is 0. The molecule has 0 saturated carbocycles. The highest BCUT2D eigenvalue weighted by molar-refractivity contribution is 6.44. The Hall–Kier alpha value is -2.09. The van der Waals surface area contributed by atoms with Gasteiger partial charge in [0.2, 0.25) is 0 Å². The number of carbonyl (C=O) groups excluding carboxylic acids is 1. The molecule has 0 atom stereocenters. The molecule has 0 unspecified atom stereocenters. The molecule has 0 radical (unpaired) electrons. The summed E-state index contributed by atoms with van der Waals surface area (Å²) in [5.74, 6) is -1.45. The number of nitriles is 1. The lowest BCUT2D eigenvalue weighted by molar-refractivity contribution is 0.102. The molecule has 0 heterocycles. The van der Waals surface area contributed by atoms with E-state index in [-0.39, 0.29) is 26.9 Å². The van der Waals surface area contributed by atoms with Crippen LogP contribution in [0.1, 0.15) is 15.9 Å². The number of hydrogen-bond donors (Lipinski definition) is 1. The first-order valence-electron chi connectivity index (χ1n) is 5.48. The van der Waals surface area contributed by atoms with E-state index in [2.05, 4.69) is 5.32 Å². The molecule has 20 heavy (non-hydrogen) atoms. The van der Waals surface area contributed by atoms with Crippen molar-refractivity contribution in [2.24, 2.45) is 0 Å². The van der Waals surface area contributed by atoms with Crippen molar-refractivity contribution in [1.29, 1.82) is 5.26 Å². The second-order valence-corrected chi connectivity index (χ2v) is 4.65. The lowest BCUT2D eigenvalue weighted by atomic mass is 10.1. The summed E-state index contributed by atoms with van der Waals surface area (Å²) in [5.41, 5.74) is 0.243. The number of benzene rings is 2. The zero-order valence-electron chi connectivity index (χ0n) is 9.95. The maximum atomic E-state index is 13.7. The summed E-state index contributed by atoms with van der Waals surface area (Å²) < 4.78 is 13.7. The van der Waals surface area contributed by atoms with Crippen LogP contribution in [0.4, 0.5) is 10.1 Å². The number of carbonyl (C=O) groups is 1. The largest absolute Gasteiger partial charge is 0.320 e. The van der Waals surface area contributed by atoms with Gasteiger partial charge >= 0.3 is 0 Å². The average molecular weight is 309 g/mol. The van der Waals surface area contributed by atoms with Crippen LogP contribution in [0.2, 0.25) is 10.0 Å². The van der Waals surface area contributed by atoms with Crippen LogP contribution in [0.15, 0.2) is 36.4 Å². The van der Waals surface area contributed by atoms with Crippen LogP contribution in [-0.4, -0.2) is 5.91 Å². The molecule has 2 rings (SSSR count). The topological polar surface area (TPSA) is 52.9 Å². The van der Waals surface area contributed by atoms with E-state index in [0.717, 1.165) is 6.07 Å². The molecule has 100 valence electrons. The van der Waals surface area contributed by atoms with Gasteiger partial charge in [0, 0.05) is 0 Å². The number of halogens is 3. The number of amides is 1. The third-order valence-electron chi connectivity index (χ3n) is 2.54. The van der Waals surface area contributed by atoms with Gasteiger partial charge in [0.05, 0.1) is 32.9 Å². The van der Waals surface area contributed by atoms with Gasteiger partial charge in [-0.3, -0.25) is 4.79 Å². The van der Waals surface area contributed by atoms with Crippen LogP contribution >= 0.6 is 23.2 Å². The van der Waals surface area contributed by atoms with Gasteiger partial charge in [-0.05, 0) is 30.3 Å². The van der Waals surface area contributed by atoms with E-state index < -0.39 is 11.7 Å². The number of nitrogens with one attached hydrogen (secondary N) is 1. The molecule has 1 amide bonds. The van der Waals surface area contributed by atoms with Crippen molar-refractivity contribution < 1.29 is 9.18 Å². The molecule has 0 spiro atoms. The van der Waals surface area contributed by atoms with E-state index in [1.807, 2.05) is 0 Å². The van der Waals surface area contributed by atoms with Crippen LogP contribution < -0.4 is 5.32 Å². The molecule has 0 fully saturated rings. The molecule has 0 saturated heterocycles. The molecule has 6 heteroatoms. The minimum atomic E-state index is -0.778. The van der Waals surface area contributed by atoms with Crippen molar-refractivity contribution in [3.63, 3.8) is 0 Å².